The van der Waals surface area contributed by atoms with Crippen LogP contribution in [0, 0.1) is 14.9 Å². The van der Waals surface area contributed by atoms with E-state index in [9.17, 15) is 4.79 Å². The second-order valence-corrected chi connectivity index (χ2v) is 6.42. The molecule has 1 aromatic carbocycles. The molecular formula is C13H15IO. The molecule has 2 heteroatoms. The van der Waals surface area contributed by atoms with Crippen LogP contribution in [0.4, 0.5) is 0 Å². The Morgan fingerprint density at radius 3 is 2.53 bits per heavy atom. The zero-order valence-corrected chi connectivity index (χ0v) is 11.5. The lowest BCUT2D eigenvalue weighted by molar-refractivity contribution is 0.0843. The molecule has 1 atom stereocenters. The second kappa shape index (κ2) is 3.58. The van der Waals surface area contributed by atoms with Crippen LogP contribution < -0.4 is 0 Å². The summed E-state index contributed by atoms with van der Waals surface area (Å²) in [7, 11) is 0. The fraction of sp³-hybridized carbons (Fsp3) is 0.462. The molecule has 1 aromatic rings. The lowest BCUT2D eigenvalue weighted by atomic mass is 9.78. The molecule has 0 bridgehead atoms. The van der Waals surface area contributed by atoms with E-state index in [0.717, 1.165) is 15.6 Å². The number of halogens is 1. The minimum atomic E-state index is 0.0686. The highest BCUT2D eigenvalue weighted by atomic mass is 127. The minimum absolute atomic E-state index is 0.0686. The molecule has 0 saturated carbocycles. The monoisotopic (exact) mass is 314 g/mol. The van der Waals surface area contributed by atoms with E-state index >= 15 is 0 Å². The molecule has 0 saturated heterocycles. The van der Waals surface area contributed by atoms with Crippen LogP contribution in [0.1, 0.15) is 36.7 Å². The molecule has 1 aliphatic carbocycles. The van der Waals surface area contributed by atoms with Gasteiger partial charge >= 0.3 is 0 Å². The highest BCUT2D eigenvalue weighted by Crippen LogP contribution is 2.39. The van der Waals surface area contributed by atoms with Gasteiger partial charge in [-0.3, -0.25) is 4.79 Å². The molecule has 0 fully saturated rings. The van der Waals surface area contributed by atoms with Crippen molar-refractivity contribution >= 4 is 28.4 Å². The lowest BCUT2D eigenvalue weighted by Gasteiger charge is -2.25. The van der Waals surface area contributed by atoms with Crippen molar-refractivity contribution in [1.82, 2.24) is 0 Å². The number of Topliss-reactive ketones (excluding diaryl/α,β-unsaturated/α-hetero) is 1. The van der Waals surface area contributed by atoms with Crippen molar-refractivity contribution in [2.45, 2.75) is 27.2 Å². The van der Waals surface area contributed by atoms with Crippen molar-refractivity contribution < 1.29 is 4.79 Å². The Hall–Kier alpha value is -0.380. The zero-order chi connectivity index (χ0) is 11.2. The van der Waals surface area contributed by atoms with Gasteiger partial charge in [-0.25, -0.2) is 0 Å². The van der Waals surface area contributed by atoms with Gasteiger partial charge in [0, 0.05) is 15.1 Å². The standard InChI is InChI=1S/C13H15IO/c1-13(2,3)9-7-8-5-4-6-10(14)11(8)12(9)15/h4-6,9H,7H2,1-3H3. The zero-order valence-electron chi connectivity index (χ0n) is 9.30. The summed E-state index contributed by atoms with van der Waals surface area (Å²) < 4.78 is 1.10. The van der Waals surface area contributed by atoms with E-state index < -0.39 is 0 Å². The molecule has 0 heterocycles. The maximum atomic E-state index is 12.3. The summed E-state index contributed by atoms with van der Waals surface area (Å²) >= 11 is 2.26. The summed E-state index contributed by atoms with van der Waals surface area (Å²) in [6.45, 7) is 6.44. The number of carbonyl (C=O) groups excluding carboxylic acids is 1. The number of fused-ring (bicyclic) bond motifs is 1. The van der Waals surface area contributed by atoms with E-state index in [2.05, 4.69) is 49.4 Å². The molecule has 1 unspecified atom stereocenters. The van der Waals surface area contributed by atoms with Gasteiger partial charge in [-0.1, -0.05) is 32.9 Å². The Labute approximate surface area is 104 Å². The van der Waals surface area contributed by atoms with Gasteiger partial charge < -0.3 is 0 Å². The largest absolute Gasteiger partial charge is 0.294 e. The fourth-order valence-corrected chi connectivity index (χ4v) is 3.02. The Morgan fingerprint density at radius 2 is 2.00 bits per heavy atom. The van der Waals surface area contributed by atoms with Gasteiger partial charge in [0.2, 0.25) is 0 Å². The first kappa shape index (κ1) is 11.1. The topological polar surface area (TPSA) is 17.1 Å². The van der Waals surface area contributed by atoms with Crippen molar-refractivity contribution in [2.75, 3.05) is 0 Å². The molecular weight excluding hydrogens is 299 g/mol. The van der Waals surface area contributed by atoms with Crippen LogP contribution in [0.5, 0.6) is 0 Å². The molecule has 0 amide bonds. The Bertz CT molecular complexity index is 415. The Morgan fingerprint density at radius 1 is 1.33 bits per heavy atom. The Balaban J connectivity index is 2.47. The third kappa shape index (κ3) is 1.84. The van der Waals surface area contributed by atoms with Crippen molar-refractivity contribution in [3.8, 4) is 0 Å². The SMILES string of the molecule is CC(C)(C)C1Cc2cccc(I)c2C1=O. The number of rotatable bonds is 0. The number of ketones is 1. The number of benzene rings is 1. The minimum Gasteiger partial charge on any atom is -0.294 e. The molecule has 0 radical (unpaired) electrons. The number of carbonyl (C=O) groups is 1. The van der Waals surface area contributed by atoms with Crippen LogP contribution in [-0.4, -0.2) is 5.78 Å². The summed E-state index contributed by atoms with van der Waals surface area (Å²) in [5.74, 6) is 0.492. The summed E-state index contributed by atoms with van der Waals surface area (Å²) in [5.41, 5.74) is 2.27. The predicted molar refractivity (Wildman–Crippen MR) is 70.1 cm³/mol. The van der Waals surface area contributed by atoms with Crippen LogP contribution in [0.2, 0.25) is 0 Å². The van der Waals surface area contributed by atoms with Crippen LogP contribution in [0.25, 0.3) is 0 Å². The second-order valence-electron chi connectivity index (χ2n) is 5.26. The molecule has 0 spiro atoms. The molecule has 0 N–H and O–H groups in total. The Kier molecular flexibility index (Phi) is 2.65. The summed E-state index contributed by atoms with van der Waals surface area (Å²) in [5, 5.41) is 0. The first-order chi connectivity index (χ1) is 6.91. The van der Waals surface area contributed by atoms with E-state index in [-0.39, 0.29) is 11.3 Å². The molecule has 1 aliphatic rings. The van der Waals surface area contributed by atoms with Crippen molar-refractivity contribution in [3.63, 3.8) is 0 Å². The third-order valence-electron chi connectivity index (χ3n) is 3.13. The van der Waals surface area contributed by atoms with Crippen LogP contribution in [0.15, 0.2) is 18.2 Å². The van der Waals surface area contributed by atoms with E-state index in [1.165, 1.54) is 5.56 Å². The molecule has 2 rings (SSSR count). The van der Waals surface area contributed by atoms with Crippen molar-refractivity contribution in [1.29, 1.82) is 0 Å². The molecule has 15 heavy (non-hydrogen) atoms. The van der Waals surface area contributed by atoms with Gasteiger partial charge in [-0.2, -0.15) is 0 Å². The van der Waals surface area contributed by atoms with E-state index in [4.69, 9.17) is 0 Å². The van der Waals surface area contributed by atoms with Crippen molar-refractivity contribution in [3.05, 3.63) is 32.9 Å². The van der Waals surface area contributed by atoms with Gasteiger partial charge in [0.05, 0.1) is 0 Å². The molecule has 1 nitrogen and oxygen atoms in total. The summed E-state index contributed by atoms with van der Waals surface area (Å²) in [6.07, 6.45) is 0.911. The molecule has 80 valence electrons. The molecule has 0 aliphatic heterocycles. The average molecular weight is 314 g/mol. The van der Waals surface area contributed by atoms with Gasteiger partial charge in [-0.15, -0.1) is 0 Å². The fourth-order valence-electron chi connectivity index (χ4n) is 2.20. The number of hydrogen-bond donors (Lipinski definition) is 0. The third-order valence-corrected chi connectivity index (χ3v) is 4.03. The van der Waals surface area contributed by atoms with Gasteiger partial charge in [0.1, 0.15) is 0 Å². The van der Waals surface area contributed by atoms with Crippen molar-refractivity contribution in [2.24, 2.45) is 11.3 Å². The normalized spacial score (nSPS) is 20.5. The summed E-state index contributed by atoms with van der Waals surface area (Å²) in [6, 6.07) is 6.14. The first-order valence-electron chi connectivity index (χ1n) is 5.23. The van der Waals surface area contributed by atoms with Crippen LogP contribution >= 0.6 is 22.6 Å². The van der Waals surface area contributed by atoms with Crippen LogP contribution in [0.3, 0.4) is 0 Å². The smallest absolute Gasteiger partial charge is 0.168 e. The van der Waals surface area contributed by atoms with Gasteiger partial charge in [-0.05, 0) is 46.1 Å². The predicted octanol–water partition coefficient (Wildman–Crippen LogP) is 3.69. The van der Waals surface area contributed by atoms with Gasteiger partial charge in [0.15, 0.2) is 5.78 Å². The average Bonchev–Trinajstić information content (AvgIpc) is 2.44. The highest BCUT2D eigenvalue weighted by molar-refractivity contribution is 14.1. The first-order valence-corrected chi connectivity index (χ1v) is 6.31. The lowest BCUT2D eigenvalue weighted by Crippen LogP contribution is -2.25. The maximum absolute atomic E-state index is 12.3. The maximum Gasteiger partial charge on any atom is 0.168 e. The number of hydrogen-bond acceptors (Lipinski definition) is 1. The van der Waals surface area contributed by atoms with E-state index in [1.54, 1.807) is 0 Å². The van der Waals surface area contributed by atoms with Crippen LogP contribution in [-0.2, 0) is 6.42 Å². The quantitative estimate of drug-likeness (QED) is 0.668. The highest BCUT2D eigenvalue weighted by Gasteiger charge is 2.39. The van der Waals surface area contributed by atoms with E-state index in [1.807, 2.05) is 12.1 Å². The van der Waals surface area contributed by atoms with Gasteiger partial charge in [0.25, 0.3) is 0 Å². The van der Waals surface area contributed by atoms with E-state index in [0.29, 0.717) is 5.78 Å². The summed E-state index contributed by atoms with van der Waals surface area (Å²) in [4.78, 5) is 12.3. The molecule has 0 aromatic heterocycles.